The van der Waals surface area contributed by atoms with Gasteiger partial charge in [-0.1, -0.05) is 0 Å². The molecule has 1 saturated heterocycles. The Balaban J connectivity index is 2.28. The Morgan fingerprint density at radius 3 is 2.94 bits per heavy atom. The molecule has 0 aromatic carbocycles. The van der Waals surface area contributed by atoms with E-state index >= 15 is 0 Å². The molecule has 2 unspecified atom stereocenters. The van der Waals surface area contributed by atoms with E-state index in [9.17, 15) is 4.79 Å². The fourth-order valence-corrected chi connectivity index (χ4v) is 2.23. The zero-order valence-corrected chi connectivity index (χ0v) is 10.5. The highest BCUT2D eigenvalue weighted by atomic mass is 16.5. The van der Waals surface area contributed by atoms with E-state index in [1.165, 1.54) is 12.3 Å². The summed E-state index contributed by atoms with van der Waals surface area (Å²) in [5.74, 6) is -0.441. The lowest BCUT2D eigenvalue weighted by atomic mass is 10.1. The van der Waals surface area contributed by atoms with Crippen LogP contribution in [-0.4, -0.2) is 41.9 Å². The van der Waals surface area contributed by atoms with Gasteiger partial charge in [0.25, 0.3) is 0 Å². The first-order valence-corrected chi connectivity index (χ1v) is 5.84. The number of aromatic nitrogens is 1. The largest absolute Gasteiger partial charge is 0.478 e. The van der Waals surface area contributed by atoms with Crippen molar-refractivity contribution in [3.05, 3.63) is 17.8 Å². The molecule has 1 aliphatic rings. The predicted molar refractivity (Wildman–Crippen MR) is 67.8 cm³/mol. The van der Waals surface area contributed by atoms with Gasteiger partial charge in [0, 0.05) is 13.7 Å². The number of ether oxygens (including phenoxy) is 1. The summed E-state index contributed by atoms with van der Waals surface area (Å²) in [5.41, 5.74) is 5.84. The first-order chi connectivity index (χ1) is 8.50. The van der Waals surface area contributed by atoms with Crippen LogP contribution in [0.15, 0.2) is 12.3 Å². The van der Waals surface area contributed by atoms with Crippen LogP contribution in [-0.2, 0) is 4.74 Å². The minimum absolute atomic E-state index is 0.0819. The van der Waals surface area contributed by atoms with Gasteiger partial charge in [-0.3, -0.25) is 0 Å². The van der Waals surface area contributed by atoms with E-state index in [2.05, 4.69) is 4.98 Å². The Morgan fingerprint density at radius 1 is 1.67 bits per heavy atom. The number of nitrogens with two attached hydrogens (primary N) is 1. The van der Waals surface area contributed by atoms with Gasteiger partial charge in [-0.2, -0.15) is 0 Å². The van der Waals surface area contributed by atoms with E-state index in [4.69, 9.17) is 15.6 Å². The molecule has 3 N–H and O–H groups in total. The second-order valence-corrected chi connectivity index (χ2v) is 4.48. The van der Waals surface area contributed by atoms with E-state index in [-0.39, 0.29) is 23.4 Å². The quantitative estimate of drug-likeness (QED) is 0.832. The third-order valence-electron chi connectivity index (χ3n) is 3.35. The van der Waals surface area contributed by atoms with Crippen molar-refractivity contribution in [3.63, 3.8) is 0 Å². The molecule has 1 aromatic heterocycles. The minimum atomic E-state index is -1.04. The number of pyridine rings is 1. The molecule has 6 heteroatoms. The Bertz CT molecular complexity index is 464. The summed E-state index contributed by atoms with van der Waals surface area (Å²) in [7, 11) is 1.89. The molecule has 2 rings (SSSR count). The predicted octanol–water partition coefficient (Wildman–Crippen LogP) is 0.976. The lowest BCUT2D eigenvalue weighted by molar-refractivity contribution is 0.0698. The molecule has 0 saturated carbocycles. The molecule has 6 nitrogen and oxygen atoms in total. The topological polar surface area (TPSA) is 88.7 Å². The summed E-state index contributed by atoms with van der Waals surface area (Å²) in [4.78, 5) is 17.2. The molecular weight excluding hydrogens is 234 g/mol. The molecule has 0 amide bonds. The van der Waals surface area contributed by atoms with Gasteiger partial charge in [0.05, 0.1) is 29.6 Å². The average Bonchev–Trinajstić information content (AvgIpc) is 2.75. The Labute approximate surface area is 105 Å². The van der Waals surface area contributed by atoms with Crippen molar-refractivity contribution in [2.75, 3.05) is 24.3 Å². The molecule has 0 radical (unpaired) electrons. The summed E-state index contributed by atoms with van der Waals surface area (Å²) in [5, 5.41) is 9.04. The van der Waals surface area contributed by atoms with Gasteiger partial charge in [0.2, 0.25) is 0 Å². The van der Waals surface area contributed by atoms with E-state index < -0.39 is 5.97 Å². The van der Waals surface area contributed by atoms with Crippen molar-refractivity contribution in [1.82, 2.24) is 4.98 Å². The van der Waals surface area contributed by atoms with Gasteiger partial charge in [0.1, 0.15) is 5.82 Å². The van der Waals surface area contributed by atoms with Crippen LogP contribution in [0.2, 0.25) is 0 Å². The zero-order chi connectivity index (χ0) is 13.3. The molecule has 1 fully saturated rings. The van der Waals surface area contributed by atoms with Crippen LogP contribution in [0.3, 0.4) is 0 Å². The van der Waals surface area contributed by atoms with Crippen LogP contribution in [0, 0.1) is 0 Å². The summed E-state index contributed by atoms with van der Waals surface area (Å²) in [6.45, 7) is 2.72. The lowest BCUT2D eigenvalue weighted by Gasteiger charge is -2.28. The molecule has 1 aliphatic heterocycles. The highest BCUT2D eigenvalue weighted by Gasteiger charge is 2.29. The maximum atomic E-state index is 11.0. The standard InChI is InChI=1S/C12H17N3O3/c1-7-10(3-4-18-7)15(2)11-5-8(12(16)17)9(13)6-14-11/h5-7,10H,3-4,13H2,1-2H3,(H,16,17). The fourth-order valence-electron chi connectivity index (χ4n) is 2.23. The van der Waals surface area contributed by atoms with Crippen molar-refractivity contribution >= 4 is 17.5 Å². The maximum absolute atomic E-state index is 11.0. The normalized spacial score (nSPS) is 23.0. The number of aromatic carboxylic acids is 1. The number of carboxylic acids is 1. The van der Waals surface area contributed by atoms with E-state index in [0.29, 0.717) is 5.82 Å². The van der Waals surface area contributed by atoms with Crippen LogP contribution in [0.1, 0.15) is 23.7 Å². The summed E-state index contributed by atoms with van der Waals surface area (Å²) in [6, 6.07) is 1.71. The number of anilines is 2. The van der Waals surface area contributed by atoms with Crippen molar-refractivity contribution in [2.24, 2.45) is 0 Å². The summed E-state index contributed by atoms with van der Waals surface area (Å²) < 4.78 is 5.50. The Hall–Kier alpha value is -1.82. The first kappa shape index (κ1) is 12.6. The maximum Gasteiger partial charge on any atom is 0.337 e. The van der Waals surface area contributed by atoms with Gasteiger partial charge in [0.15, 0.2) is 0 Å². The van der Waals surface area contributed by atoms with Crippen LogP contribution in [0.25, 0.3) is 0 Å². The van der Waals surface area contributed by atoms with Crippen molar-refractivity contribution in [3.8, 4) is 0 Å². The SMILES string of the molecule is CC1OCCC1N(C)c1cc(C(=O)O)c(N)cn1. The summed E-state index contributed by atoms with van der Waals surface area (Å²) in [6.07, 6.45) is 2.41. The Morgan fingerprint density at radius 2 is 2.39 bits per heavy atom. The van der Waals surface area contributed by atoms with Crippen molar-refractivity contribution < 1.29 is 14.6 Å². The molecule has 18 heavy (non-hydrogen) atoms. The monoisotopic (exact) mass is 251 g/mol. The second kappa shape index (κ2) is 4.81. The summed E-state index contributed by atoms with van der Waals surface area (Å²) >= 11 is 0. The van der Waals surface area contributed by atoms with E-state index in [0.717, 1.165) is 13.0 Å². The van der Waals surface area contributed by atoms with Gasteiger partial charge < -0.3 is 20.5 Å². The van der Waals surface area contributed by atoms with Gasteiger partial charge in [-0.15, -0.1) is 0 Å². The van der Waals surface area contributed by atoms with E-state index in [1.54, 1.807) is 0 Å². The molecule has 0 bridgehead atoms. The van der Waals surface area contributed by atoms with Gasteiger partial charge >= 0.3 is 5.97 Å². The smallest absolute Gasteiger partial charge is 0.337 e. The number of rotatable bonds is 3. The third kappa shape index (κ3) is 2.24. The molecule has 2 atom stereocenters. The second-order valence-electron chi connectivity index (χ2n) is 4.48. The molecule has 2 heterocycles. The number of hydrogen-bond acceptors (Lipinski definition) is 5. The molecule has 1 aromatic rings. The van der Waals surface area contributed by atoms with Crippen LogP contribution in [0.5, 0.6) is 0 Å². The highest BCUT2D eigenvalue weighted by Crippen LogP contribution is 2.24. The highest BCUT2D eigenvalue weighted by molar-refractivity contribution is 5.94. The van der Waals surface area contributed by atoms with Gasteiger partial charge in [-0.05, 0) is 19.4 Å². The minimum Gasteiger partial charge on any atom is -0.478 e. The number of hydrogen-bond donors (Lipinski definition) is 2. The number of nitrogens with zero attached hydrogens (tertiary/aromatic N) is 2. The average molecular weight is 251 g/mol. The fraction of sp³-hybridized carbons (Fsp3) is 0.500. The number of carboxylic acid groups (broad SMARTS) is 1. The lowest BCUT2D eigenvalue weighted by Crippen LogP contribution is -2.37. The number of carbonyl (C=O) groups is 1. The van der Waals surface area contributed by atoms with Gasteiger partial charge in [-0.25, -0.2) is 9.78 Å². The van der Waals surface area contributed by atoms with Crippen molar-refractivity contribution in [2.45, 2.75) is 25.5 Å². The molecule has 0 aliphatic carbocycles. The van der Waals surface area contributed by atoms with Crippen LogP contribution < -0.4 is 10.6 Å². The van der Waals surface area contributed by atoms with Crippen LogP contribution in [0.4, 0.5) is 11.5 Å². The number of likely N-dealkylation sites (N-methyl/N-ethyl adjacent to an activating group) is 1. The van der Waals surface area contributed by atoms with Crippen molar-refractivity contribution in [1.29, 1.82) is 0 Å². The van der Waals surface area contributed by atoms with E-state index in [1.807, 2.05) is 18.9 Å². The number of nitrogen functional groups attached to an aromatic ring is 1. The zero-order valence-electron chi connectivity index (χ0n) is 10.5. The third-order valence-corrected chi connectivity index (χ3v) is 3.35. The molecule has 0 spiro atoms. The molecular formula is C12H17N3O3. The first-order valence-electron chi connectivity index (χ1n) is 5.84. The Kier molecular flexibility index (Phi) is 3.38. The molecule has 98 valence electrons. The van der Waals surface area contributed by atoms with Crippen LogP contribution >= 0.6 is 0 Å².